The Labute approximate surface area is 138 Å². The number of likely N-dealkylation sites (tertiary alicyclic amines) is 1. The summed E-state index contributed by atoms with van der Waals surface area (Å²) in [6.07, 6.45) is 2.50. The van der Waals surface area contributed by atoms with E-state index in [2.05, 4.69) is 10.1 Å². The van der Waals surface area contributed by atoms with E-state index in [0.717, 1.165) is 12.8 Å². The summed E-state index contributed by atoms with van der Waals surface area (Å²) >= 11 is 0. The molecule has 1 unspecified atom stereocenters. The molecule has 3 rings (SSSR count). The van der Waals surface area contributed by atoms with E-state index >= 15 is 0 Å². The van der Waals surface area contributed by atoms with E-state index < -0.39 is 12.0 Å². The van der Waals surface area contributed by atoms with E-state index in [-0.39, 0.29) is 12.4 Å². The van der Waals surface area contributed by atoms with Gasteiger partial charge in [0.1, 0.15) is 17.6 Å². The van der Waals surface area contributed by atoms with Crippen LogP contribution in [0.4, 0.5) is 4.39 Å². The quantitative estimate of drug-likeness (QED) is 0.866. The van der Waals surface area contributed by atoms with Crippen LogP contribution in [-0.4, -0.2) is 38.7 Å². The Morgan fingerprint density at radius 1 is 1.38 bits per heavy atom. The standard InChI is InChI=1S/C16H18FN3O4/c17-11-4-6-12(7-5-11)23-10-14-18-15(24-19-14)9-20-8-2-1-3-13(20)16(21)22/h4-7,13H,1-3,8-10H2,(H,21,22). The van der Waals surface area contributed by atoms with Crippen LogP contribution in [0.1, 0.15) is 31.0 Å². The van der Waals surface area contributed by atoms with Crippen molar-refractivity contribution in [3.05, 3.63) is 41.8 Å². The van der Waals surface area contributed by atoms with E-state index in [1.165, 1.54) is 24.3 Å². The Morgan fingerprint density at radius 3 is 2.92 bits per heavy atom. The van der Waals surface area contributed by atoms with Crippen LogP contribution >= 0.6 is 0 Å². The van der Waals surface area contributed by atoms with E-state index in [4.69, 9.17) is 9.26 Å². The molecule has 24 heavy (non-hydrogen) atoms. The molecule has 0 bridgehead atoms. The number of halogens is 1. The molecule has 7 nitrogen and oxygen atoms in total. The minimum Gasteiger partial charge on any atom is -0.485 e. The summed E-state index contributed by atoms with van der Waals surface area (Å²) in [4.78, 5) is 17.3. The second-order valence-electron chi connectivity index (χ2n) is 5.67. The van der Waals surface area contributed by atoms with Crippen LogP contribution in [0, 0.1) is 5.82 Å². The van der Waals surface area contributed by atoms with Crippen molar-refractivity contribution in [3.63, 3.8) is 0 Å². The molecular formula is C16H18FN3O4. The third-order valence-corrected chi connectivity index (χ3v) is 3.93. The molecule has 0 radical (unpaired) electrons. The van der Waals surface area contributed by atoms with Crippen LogP contribution in [0.3, 0.4) is 0 Å². The Hall–Kier alpha value is -2.48. The van der Waals surface area contributed by atoms with Crippen molar-refractivity contribution in [1.82, 2.24) is 15.0 Å². The van der Waals surface area contributed by atoms with Crippen molar-refractivity contribution in [2.45, 2.75) is 38.5 Å². The molecule has 1 aliphatic rings. The Morgan fingerprint density at radius 2 is 2.17 bits per heavy atom. The van der Waals surface area contributed by atoms with Crippen LogP contribution in [-0.2, 0) is 17.9 Å². The minimum atomic E-state index is -0.825. The summed E-state index contributed by atoms with van der Waals surface area (Å²) in [6, 6.07) is 5.13. The smallest absolute Gasteiger partial charge is 0.320 e. The van der Waals surface area contributed by atoms with E-state index in [1.54, 1.807) is 0 Å². The maximum atomic E-state index is 12.8. The fraction of sp³-hybridized carbons (Fsp3) is 0.438. The molecule has 2 heterocycles. The number of carboxylic acids is 1. The molecule has 2 aromatic rings. The van der Waals surface area contributed by atoms with Crippen molar-refractivity contribution < 1.29 is 23.6 Å². The highest BCUT2D eigenvalue weighted by molar-refractivity contribution is 5.73. The van der Waals surface area contributed by atoms with Gasteiger partial charge in [-0.15, -0.1) is 0 Å². The van der Waals surface area contributed by atoms with Crippen LogP contribution < -0.4 is 4.74 Å². The number of hydrogen-bond donors (Lipinski definition) is 1. The SMILES string of the molecule is O=C(O)C1CCCCN1Cc1nc(COc2ccc(F)cc2)no1. The molecule has 0 saturated carbocycles. The lowest BCUT2D eigenvalue weighted by Gasteiger charge is -2.31. The first-order valence-corrected chi connectivity index (χ1v) is 7.78. The lowest BCUT2D eigenvalue weighted by molar-refractivity contribution is -0.145. The van der Waals surface area contributed by atoms with Gasteiger partial charge in [-0.25, -0.2) is 4.39 Å². The zero-order valence-corrected chi connectivity index (χ0v) is 13.0. The maximum absolute atomic E-state index is 12.8. The number of carbonyl (C=O) groups is 1. The first kappa shape index (κ1) is 16.4. The summed E-state index contributed by atoms with van der Waals surface area (Å²) in [5.74, 6) is 0.0663. The van der Waals surface area contributed by atoms with Gasteiger partial charge in [0.2, 0.25) is 11.7 Å². The number of hydrogen-bond acceptors (Lipinski definition) is 6. The van der Waals surface area contributed by atoms with Gasteiger partial charge in [-0.1, -0.05) is 11.6 Å². The molecule has 1 atom stereocenters. The normalized spacial score (nSPS) is 18.5. The topological polar surface area (TPSA) is 88.7 Å². The average Bonchev–Trinajstić information content (AvgIpc) is 3.02. The molecule has 0 aliphatic carbocycles. The van der Waals surface area contributed by atoms with Gasteiger partial charge in [0, 0.05) is 0 Å². The monoisotopic (exact) mass is 335 g/mol. The predicted molar refractivity (Wildman–Crippen MR) is 80.7 cm³/mol. The van der Waals surface area contributed by atoms with Crippen LogP contribution in [0.5, 0.6) is 5.75 Å². The fourth-order valence-electron chi connectivity index (χ4n) is 2.73. The predicted octanol–water partition coefficient (Wildman–Crippen LogP) is 2.23. The highest BCUT2D eigenvalue weighted by atomic mass is 19.1. The second kappa shape index (κ2) is 7.39. The molecule has 1 saturated heterocycles. The summed E-state index contributed by atoms with van der Waals surface area (Å²) in [7, 11) is 0. The van der Waals surface area contributed by atoms with E-state index in [1.807, 2.05) is 4.90 Å². The second-order valence-corrected chi connectivity index (χ2v) is 5.67. The van der Waals surface area contributed by atoms with Crippen LogP contribution in [0.2, 0.25) is 0 Å². The van der Waals surface area contributed by atoms with Gasteiger partial charge >= 0.3 is 5.97 Å². The minimum absolute atomic E-state index is 0.0947. The highest BCUT2D eigenvalue weighted by Gasteiger charge is 2.29. The number of benzene rings is 1. The van der Waals surface area contributed by atoms with Crippen LogP contribution in [0.15, 0.2) is 28.8 Å². The molecule has 0 spiro atoms. The third-order valence-electron chi connectivity index (χ3n) is 3.93. The lowest BCUT2D eigenvalue weighted by atomic mass is 10.0. The lowest BCUT2D eigenvalue weighted by Crippen LogP contribution is -2.44. The highest BCUT2D eigenvalue weighted by Crippen LogP contribution is 2.19. The Balaban J connectivity index is 1.56. The van der Waals surface area contributed by atoms with Gasteiger partial charge in [0.25, 0.3) is 0 Å². The van der Waals surface area contributed by atoms with Crippen molar-refractivity contribution >= 4 is 5.97 Å². The maximum Gasteiger partial charge on any atom is 0.320 e. The zero-order valence-electron chi connectivity index (χ0n) is 13.0. The molecule has 0 amide bonds. The van der Waals surface area contributed by atoms with Gasteiger partial charge in [-0.05, 0) is 43.7 Å². The Bertz CT molecular complexity index is 689. The van der Waals surface area contributed by atoms with Gasteiger partial charge in [0.05, 0.1) is 6.54 Å². The molecule has 1 aliphatic heterocycles. The number of aromatic nitrogens is 2. The van der Waals surface area contributed by atoms with Crippen molar-refractivity contribution in [2.24, 2.45) is 0 Å². The summed E-state index contributed by atoms with van der Waals surface area (Å²) in [5, 5.41) is 13.1. The number of piperidine rings is 1. The summed E-state index contributed by atoms with van der Waals surface area (Å²) < 4.78 is 23.4. The molecule has 8 heteroatoms. The first-order valence-electron chi connectivity index (χ1n) is 7.78. The molecule has 128 valence electrons. The van der Waals surface area contributed by atoms with Crippen molar-refractivity contribution in [3.8, 4) is 5.75 Å². The molecule has 1 aromatic carbocycles. The third kappa shape index (κ3) is 4.08. The number of nitrogens with zero attached hydrogens (tertiary/aromatic N) is 3. The summed E-state index contributed by atoms with van der Waals surface area (Å²) in [5.41, 5.74) is 0. The van der Waals surface area contributed by atoms with E-state index in [9.17, 15) is 14.3 Å². The largest absolute Gasteiger partial charge is 0.485 e. The number of carboxylic acid groups (broad SMARTS) is 1. The molecule has 1 fully saturated rings. The number of aliphatic carboxylic acids is 1. The van der Waals surface area contributed by atoms with Crippen LogP contribution in [0.25, 0.3) is 0 Å². The van der Waals surface area contributed by atoms with E-state index in [0.29, 0.717) is 37.0 Å². The zero-order chi connectivity index (χ0) is 16.9. The van der Waals surface area contributed by atoms with Crippen molar-refractivity contribution in [1.29, 1.82) is 0 Å². The summed E-state index contributed by atoms with van der Waals surface area (Å²) in [6.45, 7) is 1.10. The Kier molecular flexibility index (Phi) is 5.05. The van der Waals surface area contributed by atoms with Gasteiger partial charge in [-0.3, -0.25) is 9.69 Å². The number of rotatable bonds is 6. The first-order chi connectivity index (χ1) is 11.6. The van der Waals surface area contributed by atoms with Gasteiger partial charge in [0.15, 0.2) is 6.61 Å². The molecule has 1 N–H and O–H groups in total. The number of ether oxygens (including phenoxy) is 1. The molecule has 1 aromatic heterocycles. The fourth-order valence-corrected chi connectivity index (χ4v) is 2.73. The average molecular weight is 335 g/mol. The van der Waals surface area contributed by atoms with Gasteiger partial charge in [-0.2, -0.15) is 4.98 Å². The van der Waals surface area contributed by atoms with Crippen molar-refractivity contribution in [2.75, 3.05) is 6.54 Å². The molecular weight excluding hydrogens is 317 g/mol. The van der Waals surface area contributed by atoms with Gasteiger partial charge < -0.3 is 14.4 Å².